The van der Waals surface area contributed by atoms with Crippen LogP contribution in [0, 0.1) is 17.8 Å². The summed E-state index contributed by atoms with van der Waals surface area (Å²) >= 11 is 0. The van der Waals surface area contributed by atoms with E-state index in [2.05, 4.69) is 6.08 Å². The molecule has 1 unspecified atom stereocenters. The minimum atomic E-state index is -0.153. The fourth-order valence-corrected chi connectivity index (χ4v) is 4.44. The van der Waals surface area contributed by atoms with Gasteiger partial charge in [-0.25, -0.2) is 4.79 Å². The van der Waals surface area contributed by atoms with Crippen LogP contribution >= 0.6 is 0 Å². The van der Waals surface area contributed by atoms with E-state index in [0.717, 1.165) is 5.92 Å². The Kier molecular flexibility index (Phi) is 2.90. The van der Waals surface area contributed by atoms with Crippen molar-refractivity contribution in [1.82, 2.24) is 0 Å². The van der Waals surface area contributed by atoms with Crippen molar-refractivity contribution < 1.29 is 9.53 Å². The van der Waals surface area contributed by atoms with Crippen molar-refractivity contribution in [3.63, 3.8) is 0 Å². The van der Waals surface area contributed by atoms with E-state index in [1.54, 1.807) is 5.57 Å². The topological polar surface area (TPSA) is 26.3 Å². The molecule has 0 spiro atoms. The van der Waals surface area contributed by atoms with E-state index in [4.69, 9.17) is 4.74 Å². The van der Waals surface area contributed by atoms with Crippen molar-refractivity contribution in [2.45, 2.75) is 38.2 Å². The predicted molar refractivity (Wildman–Crippen MR) is 77.3 cm³/mol. The van der Waals surface area contributed by atoms with Gasteiger partial charge in [-0.3, -0.25) is 0 Å². The summed E-state index contributed by atoms with van der Waals surface area (Å²) in [5.74, 6) is 1.61. The van der Waals surface area contributed by atoms with Crippen molar-refractivity contribution in [1.29, 1.82) is 0 Å². The Labute approximate surface area is 119 Å². The van der Waals surface area contributed by atoms with Gasteiger partial charge in [0.05, 0.1) is 5.56 Å². The Bertz CT molecular complexity index is 546. The zero-order valence-corrected chi connectivity index (χ0v) is 11.6. The summed E-state index contributed by atoms with van der Waals surface area (Å²) in [7, 11) is 0. The van der Waals surface area contributed by atoms with Crippen LogP contribution in [-0.2, 0) is 4.74 Å². The molecular weight excluding hydrogens is 248 g/mol. The third-order valence-corrected chi connectivity index (χ3v) is 5.26. The molecule has 0 N–H and O–H groups in total. The maximum absolute atomic E-state index is 12.3. The van der Waals surface area contributed by atoms with Gasteiger partial charge in [0.25, 0.3) is 0 Å². The van der Waals surface area contributed by atoms with Gasteiger partial charge < -0.3 is 4.74 Å². The van der Waals surface area contributed by atoms with Gasteiger partial charge in [-0.1, -0.05) is 36.3 Å². The molecule has 2 heteroatoms. The third kappa shape index (κ3) is 1.90. The molecule has 0 aromatic heterocycles. The van der Waals surface area contributed by atoms with Crippen LogP contribution in [0.4, 0.5) is 0 Å². The van der Waals surface area contributed by atoms with Gasteiger partial charge in [0.2, 0.25) is 0 Å². The lowest BCUT2D eigenvalue weighted by Gasteiger charge is -2.22. The molecule has 20 heavy (non-hydrogen) atoms. The average molecular weight is 268 g/mol. The number of fused-ring (bicyclic) bond motifs is 1. The van der Waals surface area contributed by atoms with Crippen LogP contribution in [-0.4, -0.2) is 12.1 Å². The van der Waals surface area contributed by atoms with E-state index in [1.165, 1.54) is 32.1 Å². The van der Waals surface area contributed by atoms with Crippen molar-refractivity contribution in [3.05, 3.63) is 47.5 Å². The molecule has 1 aromatic carbocycles. The highest BCUT2D eigenvalue weighted by atomic mass is 16.5. The van der Waals surface area contributed by atoms with Crippen LogP contribution in [0.5, 0.6) is 0 Å². The van der Waals surface area contributed by atoms with Gasteiger partial charge in [0.15, 0.2) is 0 Å². The number of hydrogen-bond donors (Lipinski definition) is 0. The number of ether oxygens (including phenoxy) is 1. The lowest BCUT2D eigenvalue weighted by molar-refractivity contribution is 0.0186. The summed E-state index contributed by atoms with van der Waals surface area (Å²) in [5, 5.41) is 0. The summed E-state index contributed by atoms with van der Waals surface area (Å²) in [4.78, 5) is 12.3. The molecule has 0 saturated heterocycles. The Morgan fingerprint density at radius 1 is 1.15 bits per heavy atom. The maximum atomic E-state index is 12.3. The molecule has 0 heterocycles. The molecule has 4 rings (SSSR count). The molecule has 3 aliphatic rings. The monoisotopic (exact) mass is 268 g/mol. The quantitative estimate of drug-likeness (QED) is 0.599. The molecule has 104 valence electrons. The number of carbonyl (C=O) groups is 1. The number of carbonyl (C=O) groups excluding carboxylic acids is 1. The molecule has 2 nitrogen and oxygen atoms in total. The minimum absolute atomic E-state index is 0.112. The Balaban J connectivity index is 1.53. The molecule has 2 saturated carbocycles. The second-order valence-electron chi connectivity index (χ2n) is 6.41. The Morgan fingerprint density at radius 3 is 2.85 bits per heavy atom. The molecule has 1 aromatic rings. The maximum Gasteiger partial charge on any atom is 0.338 e. The summed E-state index contributed by atoms with van der Waals surface area (Å²) < 4.78 is 5.89. The highest BCUT2D eigenvalue weighted by Gasteiger charge is 2.51. The molecule has 4 atom stereocenters. The van der Waals surface area contributed by atoms with E-state index in [0.29, 0.717) is 17.4 Å². The fourth-order valence-electron chi connectivity index (χ4n) is 4.44. The van der Waals surface area contributed by atoms with Crippen molar-refractivity contribution in [2.75, 3.05) is 0 Å². The second-order valence-corrected chi connectivity index (χ2v) is 6.41. The SMILES string of the molecule is O=C(O[C@@H]1[C@@H]2C=C3CCCCC(C2)[C@H]31)c1ccccc1. The predicted octanol–water partition coefficient (Wildman–Crippen LogP) is 3.98. The summed E-state index contributed by atoms with van der Waals surface area (Å²) in [6.45, 7) is 0. The van der Waals surface area contributed by atoms with E-state index in [-0.39, 0.29) is 12.1 Å². The second kappa shape index (κ2) is 4.76. The smallest absolute Gasteiger partial charge is 0.338 e. The Morgan fingerprint density at radius 2 is 2.00 bits per heavy atom. The van der Waals surface area contributed by atoms with Crippen LogP contribution in [0.3, 0.4) is 0 Å². The molecule has 0 aliphatic heterocycles. The van der Waals surface area contributed by atoms with Gasteiger partial charge in [-0.2, -0.15) is 0 Å². The first-order chi connectivity index (χ1) is 9.83. The average Bonchev–Trinajstić information content (AvgIpc) is 2.94. The first-order valence-corrected chi connectivity index (χ1v) is 7.79. The number of benzene rings is 1. The zero-order chi connectivity index (χ0) is 13.5. The molecule has 2 fully saturated rings. The highest BCUT2D eigenvalue weighted by molar-refractivity contribution is 5.89. The number of hydrogen-bond acceptors (Lipinski definition) is 2. The standard InChI is InChI=1S/C18H20O2/c19-18(12-6-2-1-3-7-12)20-17-15-10-13-8-4-5-9-14(11-15)16(13)17/h1-3,6-7,10,14-17H,4-5,8-9,11H2/t14?,15-,16+,17-/m1/s1. The van der Waals surface area contributed by atoms with Crippen molar-refractivity contribution in [2.24, 2.45) is 17.8 Å². The normalized spacial score (nSPS) is 34.5. The lowest BCUT2D eigenvalue weighted by atomic mass is 9.86. The summed E-state index contributed by atoms with van der Waals surface area (Å²) in [6, 6.07) is 9.38. The fraction of sp³-hybridized carbons (Fsp3) is 0.500. The largest absolute Gasteiger partial charge is 0.458 e. The van der Waals surface area contributed by atoms with Crippen LogP contribution in [0.15, 0.2) is 42.0 Å². The molecule has 0 amide bonds. The third-order valence-electron chi connectivity index (χ3n) is 5.26. The minimum Gasteiger partial charge on any atom is -0.458 e. The summed E-state index contributed by atoms with van der Waals surface area (Å²) in [5.41, 5.74) is 2.25. The number of rotatable bonds is 2. The molecular formula is C18H20O2. The van der Waals surface area contributed by atoms with Crippen LogP contribution in [0.2, 0.25) is 0 Å². The number of esters is 1. The Hall–Kier alpha value is -1.57. The van der Waals surface area contributed by atoms with Crippen LogP contribution < -0.4 is 0 Å². The first-order valence-electron chi connectivity index (χ1n) is 7.79. The van der Waals surface area contributed by atoms with Gasteiger partial charge in [0.1, 0.15) is 6.10 Å². The van der Waals surface area contributed by atoms with E-state index in [9.17, 15) is 4.79 Å². The van der Waals surface area contributed by atoms with E-state index in [1.807, 2.05) is 30.3 Å². The lowest BCUT2D eigenvalue weighted by Crippen LogP contribution is -2.25. The van der Waals surface area contributed by atoms with Crippen molar-refractivity contribution >= 4 is 5.97 Å². The van der Waals surface area contributed by atoms with Gasteiger partial charge in [0, 0.05) is 11.8 Å². The highest BCUT2D eigenvalue weighted by Crippen LogP contribution is 2.54. The van der Waals surface area contributed by atoms with Gasteiger partial charge in [-0.15, -0.1) is 0 Å². The van der Waals surface area contributed by atoms with Crippen LogP contribution in [0.25, 0.3) is 0 Å². The van der Waals surface area contributed by atoms with Gasteiger partial charge >= 0.3 is 5.97 Å². The molecule has 2 bridgehead atoms. The van der Waals surface area contributed by atoms with E-state index >= 15 is 0 Å². The molecule has 3 aliphatic carbocycles. The van der Waals surface area contributed by atoms with E-state index < -0.39 is 0 Å². The zero-order valence-electron chi connectivity index (χ0n) is 11.6. The van der Waals surface area contributed by atoms with Crippen molar-refractivity contribution in [3.8, 4) is 0 Å². The van der Waals surface area contributed by atoms with Crippen LogP contribution in [0.1, 0.15) is 42.5 Å². The molecule has 0 radical (unpaired) electrons. The first kappa shape index (κ1) is 12.2. The van der Waals surface area contributed by atoms with Gasteiger partial charge in [-0.05, 0) is 43.7 Å². The summed E-state index contributed by atoms with van der Waals surface area (Å²) in [6.07, 6.45) is 8.93.